The maximum absolute atomic E-state index is 12.3. The molecule has 1 atom stereocenters. The van der Waals surface area contributed by atoms with Crippen molar-refractivity contribution in [3.63, 3.8) is 0 Å². The first-order valence-electron chi connectivity index (χ1n) is 8.66. The van der Waals surface area contributed by atoms with Crippen molar-refractivity contribution in [2.24, 2.45) is 5.92 Å². The van der Waals surface area contributed by atoms with E-state index in [4.69, 9.17) is 4.74 Å². The second-order valence-corrected chi connectivity index (χ2v) is 6.32. The monoisotopic (exact) mass is 324 g/mol. The number of pyridine rings is 1. The van der Waals surface area contributed by atoms with Crippen molar-refractivity contribution in [1.29, 1.82) is 0 Å². The minimum absolute atomic E-state index is 0.250. The number of ether oxygens (including phenoxy) is 1. The molecule has 1 unspecified atom stereocenters. The summed E-state index contributed by atoms with van der Waals surface area (Å²) in [4.78, 5) is 18.5. The van der Waals surface area contributed by atoms with E-state index < -0.39 is 0 Å². The average Bonchev–Trinajstić information content (AvgIpc) is 3.09. The van der Waals surface area contributed by atoms with Gasteiger partial charge in [0.15, 0.2) is 0 Å². The Labute approximate surface area is 143 Å². The molecule has 1 aromatic heterocycles. The lowest BCUT2D eigenvalue weighted by molar-refractivity contribution is -0.130. The highest BCUT2D eigenvalue weighted by molar-refractivity contribution is 5.76. The topological polar surface area (TPSA) is 42.4 Å². The van der Waals surface area contributed by atoms with Crippen LogP contribution in [0.2, 0.25) is 0 Å². The summed E-state index contributed by atoms with van der Waals surface area (Å²) in [6.07, 6.45) is 7.14. The van der Waals surface area contributed by atoms with E-state index in [2.05, 4.69) is 11.1 Å². The molecule has 1 fully saturated rings. The van der Waals surface area contributed by atoms with Crippen LogP contribution in [-0.4, -0.2) is 35.5 Å². The van der Waals surface area contributed by atoms with Crippen molar-refractivity contribution < 1.29 is 9.53 Å². The zero-order chi connectivity index (χ0) is 16.6. The van der Waals surface area contributed by atoms with Crippen molar-refractivity contribution in [3.8, 4) is 5.75 Å². The number of carbonyl (C=O) groups excluding carboxylic acids is 1. The van der Waals surface area contributed by atoms with Gasteiger partial charge in [-0.05, 0) is 48.9 Å². The summed E-state index contributed by atoms with van der Waals surface area (Å²) in [5, 5.41) is 0. The van der Waals surface area contributed by atoms with Crippen LogP contribution in [0, 0.1) is 5.92 Å². The molecule has 0 spiro atoms. The van der Waals surface area contributed by atoms with Gasteiger partial charge in [0.1, 0.15) is 5.75 Å². The zero-order valence-electron chi connectivity index (χ0n) is 13.9. The Morgan fingerprint density at radius 2 is 2.08 bits per heavy atom. The number of likely N-dealkylation sites (tertiary alicyclic amines) is 1. The molecule has 24 heavy (non-hydrogen) atoms. The molecule has 2 aromatic rings. The molecule has 3 rings (SSSR count). The molecule has 1 aromatic carbocycles. The van der Waals surface area contributed by atoms with Crippen LogP contribution in [0.5, 0.6) is 5.75 Å². The van der Waals surface area contributed by atoms with Crippen molar-refractivity contribution in [3.05, 3.63) is 60.4 Å². The van der Waals surface area contributed by atoms with E-state index in [1.54, 1.807) is 6.20 Å². The summed E-state index contributed by atoms with van der Waals surface area (Å²) in [6, 6.07) is 13.8. The van der Waals surface area contributed by atoms with E-state index in [1.165, 1.54) is 5.56 Å². The lowest BCUT2D eigenvalue weighted by atomic mass is 10.0. The predicted octanol–water partition coefficient (Wildman–Crippen LogP) is 3.33. The molecule has 126 valence electrons. The Kier molecular flexibility index (Phi) is 5.83. The summed E-state index contributed by atoms with van der Waals surface area (Å²) >= 11 is 0. The van der Waals surface area contributed by atoms with Crippen molar-refractivity contribution in [2.45, 2.75) is 25.7 Å². The highest BCUT2D eigenvalue weighted by Gasteiger charge is 2.25. The van der Waals surface area contributed by atoms with Crippen LogP contribution in [0.3, 0.4) is 0 Å². The minimum Gasteiger partial charge on any atom is -0.494 e. The van der Waals surface area contributed by atoms with Gasteiger partial charge in [0, 0.05) is 31.9 Å². The van der Waals surface area contributed by atoms with Gasteiger partial charge in [-0.2, -0.15) is 0 Å². The molecule has 4 nitrogen and oxygen atoms in total. The summed E-state index contributed by atoms with van der Waals surface area (Å²) in [5.74, 6) is 1.67. The smallest absolute Gasteiger partial charge is 0.222 e. The maximum atomic E-state index is 12.3. The second kappa shape index (κ2) is 8.48. The molecular formula is C20H24N2O2. The number of carbonyl (C=O) groups is 1. The number of rotatable bonds is 7. The predicted molar refractivity (Wildman–Crippen MR) is 93.8 cm³/mol. The van der Waals surface area contributed by atoms with Crippen LogP contribution >= 0.6 is 0 Å². The SMILES string of the molecule is O=C(CCCOc1ccccc1)N1CCC(Cc2cccnc2)C1. The van der Waals surface area contributed by atoms with E-state index in [0.29, 0.717) is 18.9 Å². The third-order valence-corrected chi connectivity index (χ3v) is 4.43. The molecule has 4 heteroatoms. The van der Waals surface area contributed by atoms with Gasteiger partial charge in [0.2, 0.25) is 5.91 Å². The van der Waals surface area contributed by atoms with Gasteiger partial charge < -0.3 is 9.64 Å². The molecule has 0 N–H and O–H groups in total. The van der Waals surface area contributed by atoms with Crippen LogP contribution in [-0.2, 0) is 11.2 Å². The van der Waals surface area contributed by atoms with Crippen LogP contribution in [0.4, 0.5) is 0 Å². The fourth-order valence-corrected chi connectivity index (χ4v) is 3.17. The highest BCUT2D eigenvalue weighted by atomic mass is 16.5. The van der Waals surface area contributed by atoms with Crippen LogP contribution < -0.4 is 4.74 Å². The molecule has 2 heterocycles. The number of amides is 1. The molecule has 0 saturated carbocycles. The van der Waals surface area contributed by atoms with Crippen LogP contribution in [0.1, 0.15) is 24.8 Å². The van der Waals surface area contributed by atoms with E-state index in [1.807, 2.05) is 47.5 Å². The molecule has 0 radical (unpaired) electrons. The zero-order valence-corrected chi connectivity index (χ0v) is 13.9. The third-order valence-electron chi connectivity index (χ3n) is 4.43. The normalized spacial score (nSPS) is 17.0. The van der Waals surface area contributed by atoms with Gasteiger partial charge in [-0.15, -0.1) is 0 Å². The summed E-state index contributed by atoms with van der Waals surface area (Å²) in [7, 11) is 0. The van der Waals surface area contributed by atoms with E-state index in [9.17, 15) is 4.79 Å². The van der Waals surface area contributed by atoms with Crippen LogP contribution in [0.25, 0.3) is 0 Å². The Balaban J connectivity index is 1.35. The van der Waals surface area contributed by atoms with E-state index in [0.717, 1.165) is 38.1 Å². The highest BCUT2D eigenvalue weighted by Crippen LogP contribution is 2.21. The van der Waals surface area contributed by atoms with Crippen molar-refractivity contribution in [2.75, 3.05) is 19.7 Å². The number of hydrogen-bond acceptors (Lipinski definition) is 3. The minimum atomic E-state index is 0.250. The van der Waals surface area contributed by atoms with E-state index >= 15 is 0 Å². The van der Waals surface area contributed by atoms with Gasteiger partial charge in [0.05, 0.1) is 6.61 Å². The van der Waals surface area contributed by atoms with Gasteiger partial charge in [-0.1, -0.05) is 24.3 Å². The maximum Gasteiger partial charge on any atom is 0.222 e. The van der Waals surface area contributed by atoms with E-state index in [-0.39, 0.29) is 5.91 Å². The molecule has 1 amide bonds. The lowest BCUT2D eigenvalue weighted by Crippen LogP contribution is -2.29. The van der Waals surface area contributed by atoms with Crippen molar-refractivity contribution in [1.82, 2.24) is 9.88 Å². The van der Waals surface area contributed by atoms with Gasteiger partial charge in [0.25, 0.3) is 0 Å². The molecular weight excluding hydrogens is 300 g/mol. The first-order chi connectivity index (χ1) is 11.8. The molecule has 1 aliphatic heterocycles. The second-order valence-electron chi connectivity index (χ2n) is 6.32. The lowest BCUT2D eigenvalue weighted by Gasteiger charge is -2.16. The summed E-state index contributed by atoms with van der Waals surface area (Å²) in [6.45, 7) is 2.33. The Bertz CT molecular complexity index is 631. The standard InChI is InChI=1S/C20H24N2O2/c23-20(9-5-13-24-19-7-2-1-3-8-19)22-12-10-18(16-22)14-17-6-4-11-21-15-17/h1-4,6-8,11,15,18H,5,9-10,12-14,16H2. The third kappa shape index (κ3) is 4.82. The number of hydrogen-bond donors (Lipinski definition) is 0. The molecule has 0 aliphatic carbocycles. The number of aromatic nitrogens is 1. The fraction of sp³-hybridized carbons (Fsp3) is 0.400. The molecule has 0 bridgehead atoms. The Morgan fingerprint density at radius 1 is 1.21 bits per heavy atom. The molecule has 1 aliphatic rings. The first-order valence-corrected chi connectivity index (χ1v) is 8.66. The number of nitrogens with zero attached hydrogens (tertiary/aromatic N) is 2. The number of para-hydroxylation sites is 1. The van der Waals surface area contributed by atoms with Crippen molar-refractivity contribution >= 4 is 5.91 Å². The Hall–Kier alpha value is -2.36. The van der Waals surface area contributed by atoms with Gasteiger partial charge >= 0.3 is 0 Å². The quantitative estimate of drug-likeness (QED) is 0.734. The number of benzene rings is 1. The summed E-state index contributed by atoms with van der Waals surface area (Å²) in [5.41, 5.74) is 1.26. The fourth-order valence-electron chi connectivity index (χ4n) is 3.17. The largest absolute Gasteiger partial charge is 0.494 e. The Morgan fingerprint density at radius 3 is 2.88 bits per heavy atom. The van der Waals surface area contributed by atoms with Crippen LogP contribution in [0.15, 0.2) is 54.9 Å². The average molecular weight is 324 g/mol. The molecule has 1 saturated heterocycles. The van der Waals surface area contributed by atoms with Gasteiger partial charge in [-0.25, -0.2) is 0 Å². The van der Waals surface area contributed by atoms with Gasteiger partial charge in [-0.3, -0.25) is 9.78 Å². The first kappa shape index (κ1) is 16.5. The summed E-state index contributed by atoms with van der Waals surface area (Å²) < 4.78 is 5.64.